The summed E-state index contributed by atoms with van der Waals surface area (Å²) in [5.41, 5.74) is 6.79. The maximum absolute atomic E-state index is 5.99. The molecule has 0 amide bonds. The Bertz CT molecular complexity index is 644. The molecule has 2 N–H and O–H groups in total. The molecule has 0 bridgehead atoms. The summed E-state index contributed by atoms with van der Waals surface area (Å²) >= 11 is 0. The topological polar surface area (TPSA) is 64.0 Å². The Morgan fingerprint density at radius 2 is 2.20 bits per heavy atom. The Labute approximate surface area is 118 Å². The zero-order chi connectivity index (χ0) is 14.1. The molecule has 0 spiro atoms. The number of benzene rings is 1. The number of ether oxygens (including phenoxy) is 1. The molecule has 1 aliphatic rings. The van der Waals surface area contributed by atoms with Gasteiger partial charge in [-0.25, -0.2) is 4.99 Å². The molecule has 1 fully saturated rings. The number of aliphatic imine (C=N–C) groups is 1. The van der Waals surface area contributed by atoms with E-state index in [1.807, 2.05) is 36.2 Å². The molecule has 1 saturated carbocycles. The molecule has 5 heteroatoms. The van der Waals surface area contributed by atoms with Crippen LogP contribution >= 0.6 is 0 Å². The van der Waals surface area contributed by atoms with Crippen LogP contribution in [0.2, 0.25) is 0 Å². The minimum Gasteiger partial charge on any atom is -0.492 e. The van der Waals surface area contributed by atoms with Crippen LogP contribution < -0.4 is 10.5 Å². The molecule has 20 heavy (non-hydrogen) atoms. The maximum Gasteiger partial charge on any atom is 0.191 e. The number of methoxy groups -OCH3 is 1. The van der Waals surface area contributed by atoms with Gasteiger partial charge in [0.15, 0.2) is 17.5 Å². The normalized spacial score (nSPS) is 15.6. The van der Waals surface area contributed by atoms with Crippen LogP contribution in [-0.2, 0) is 6.54 Å². The van der Waals surface area contributed by atoms with Gasteiger partial charge in [-0.05, 0) is 25.0 Å². The van der Waals surface area contributed by atoms with Crippen LogP contribution in [0.1, 0.15) is 18.6 Å². The lowest BCUT2D eigenvalue weighted by Crippen LogP contribution is -2.35. The van der Waals surface area contributed by atoms with Crippen molar-refractivity contribution in [3.63, 3.8) is 0 Å². The van der Waals surface area contributed by atoms with Gasteiger partial charge < -0.3 is 19.8 Å². The number of hydrogen-bond acceptors (Lipinski definition) is 3. The van der Waals surface area contributed by atoms with Crippen LogP contribution in [-0.4, -0.2) is 31.1 Å². The standard InChI is InChI=1S/C15H19N3O2/c1-18(10-7-8-10)15(16)17-9-13-14(19-2)11-5-3-4-6-12(11)20-13/h3-6,10H,7-9H2,1-2H3,(H2,16,17). The number of guanidine groups is 1. The minimum absolute atomic E-state index is 0.390. The minimum atomic E-state index is 0.390. The van der Waals surface area contributed by atoms with Gasteiger partial charge in [0, 0.05) is 13.1 Å². The molecule has 0 aliphatic heterocycles. The fourth-order valence-corrected chi connectivity index (χ4v) is 2.31. The molecule has 0 unspecified atom stereocenters. The van der Waals surface area contributed by atoms with Crippen LogP contribution in [0.3, 0.4) is 0 Å². The van der Waals surface area contributed by atoms with Gasteiger partial charge in [-0.3, -0.25) is 0 Å². The molecule has 106 valence electrons. The van der Waals surface area contributed by atoms with Crippen LogP contribution in [0.4, 0.5) is 0 Å². The molecular weight excluding hydrogens is 254 g/mol. The predicted octanol–water partition coefficient (Wildman–Crippen LogP) is 2.35. The number of rotatable bonds is 4. The second kappa shape index (κ2) is 5.07. The van der Waals surface area contributed by atoms with Crippen LogP contribution in [0, 0.1) is 0 Å². The maximum atomic E-state index is 5.99. The number of furan rings is 1. The van der Waals surface area contributed by atoms with Gasteiger partial charge in [-0.2, -0.15) is 0 Å². The van der Waals surface area contributed by atoms with Crippen molar-refractivity contribution in [2.45, 2.75) is 25.4 Å². The van der Waals surface area contributed by atoms with Gasteiger partial charge in [0.1, 0.15) is 12.1 Å². The third kappa shape index (κ3) is 2.31. The van der Waals surface area contributed by atoms with Gasteiger partial charge in [0.05, 0.1) is 12.5 Å². The van der Waals surface area contributed by atoms with Crippen molar-refractivity contribution in [2.75, 3.05) is 14.2 Å². The van der Waals surface area contributed by atoms with Crippen LogP contribution in [0.5, 0.6) is 5.75 Å². The van der Waals surface area contributed by atoms with Gasteiger partial charge >= 0.3 is 0 Å². The summed E-state index contributed by atoms with van der Waals surface area (Å²) < 4.78 is 11.2. The highest BCUT2D eigenvalue weighted by Crippen LogP contribution is 2.33. The fourth-order valence-electron chi connectivity index (χ4n) is 2.31. The van der Waals surface area contributed by atoms with E-state index in [0.717, 1.165) is 16.7 Å². The van der Waals surface area contributed by atoms with Gasteiger partial charge in [-0.1, -0.05) is 12.1 Å². The van der Waals surface area contributed by atoms with Crippen LogP contribution in [0.15, 0.2) is 33.7 Å². The smallest absolute Gasteiger partial charge is 0.191 e. The molecule has 2 aromatic rings. The first-order chi connectivity index (χ1) is 9.70. The highest BCUT2D eigenvalue weighted by molar-refractivity contribution is 5.85. The summed E-state index contributed by atoms with van der Waals surface area (Å²) in [6, 6.07) is 8.35. The van der Waals surface area contributed by atoms with E-state index in [4.69, 9.17) is 14.9 Å². The molecule has 3 rings (SSSR count). The number of nitrogens with zero attached hydrogens (tertiary/aromatic N) is 2. The van der Waals surface area contributed by atoms with Crippen molar-refractivity contribution < 1.29 is 9.15 Å². The first kappa shape index (κ1) is 12.8. The van der Waals surface area contributed by atoms with E-state index in [0.29, 0.717) is 24.3 Å². The van der Waals surface area contributed by atoms with E-state index in [1.165, 1.54) is 12.8 Å². The predicted molar refractivity (Wildman–Crippen MR) is 78.9 cm³/mol. The largest absolute Gasteiger partial charge is 0.492 e. The Morgan fingerprint density at radius 3 is 2.90 bits per heavy atom. The summed E-state index contributed by atoms with van der Waals surface area (Å²) in [6.45, 7) is 0.390. The summed E-state index contributed by atoms with van der Waals surface area (Å²) in [5.74, 6) is 2.00. The van der Waals surface area contributed by atoms with Crippen LogP contribution in [0.25, 0.3) is 11.0 Å². The summed E-state index contributed by atoms with van der Waals surface area (Å²) in [5, 5.41) is 0.967. The number of nitrogens with two attached hydrogens (primary N) is 1. The summed E-state index contributed by atoms with van der Waals surface area (Å²) in [6.07, 6.45) is 2.39. The molecule has 1 aromatic heterocycles. The number of fused-ring (bicyclic) bond motifs is 1. The van der Waals surface area contributed by atoms with E-state index < -0.39 is 0 Å². The highest BCUT2D eigenvalue weighted by atomic mass is 16.5. The second-order valence-corrected chi connectivity index (χ2v) is 5.07. The van der Waals surface area contributed by atoms with E-state index >= 15 is 0 Å². The zero-order valence-corrected chi connectivity index (χ0v) is 11.8. The molecule has 5 nitrogen and oxygen atoms in total. The Kier molecular flexibility index (Phi) is 3.26. The van der Waals surface area contributed by atoms with Gasteiger partial charge in [0.2, 0.25) is 0 Å². The lowest BCUT2D eigenvalue weighted by atomic mass is 10.2. The zero-order valence-electron chi connectivity index (χ0n) is 11.8. The molecule has 0 saturated heterocycles. The molecule has 0 radical (unpaired) electrons. The molecule has 1 heterocycles. The Morgan fingerprint density at radius 1 is 1.45 bits per heavy atom. The Balaban J connectivity index is 1.84. The van der Waals surface area contributed by atoms with E-state index in [9.17, 15) is 0 Å². The third-order valence-corrected chi connectivity index (χ3v) is 3.66. The van der Waals surface area contributed by atoms with Gasteiger partial charge in [-0.15, -0.1) is 0 Å². The van der Waals surface area contributed by atoms with Crippen molar-refractivity contribution in [3.8, 4) is 5.75 Å². The molecule has 1 aliphatic carbocycles. The van der Waals surface area contributed by atoms with Crippen molar-refractivity contribution in [3.05, 3.63) is 30.0 Å². The highest BCUT2D eigenvalue weighted by Gasteiger charge is 2.27. The molecule has 0 atom stereocenters. The summed E-state index contributed by atoms with van der Waals surface area (Å²) in [4.78, 5) is 6.43. The van der Waals surface area contributed by atoms with Gasteiger partial charge in [0.25, 0.3) is 0 Å². The molecule has 1 aromatic carbocycles. The number of para-hydroxylation sites is 1. The van der Waals surface area contributed by atoms with E-state index in [2.05, 4.69) is 4.99 Å². The molecular formula is C15H19N3O2. The second-order valence-electron chi connectivity index (χ2n) is 5.07. The first-order valence-electron chi connectivity index (χ1n) is 6.78. The third-order valence-electron chi connectivity index (χ3n) is 3.66. The SMILES string of the molecule is COc1c(CN=C(N)N(C)C2CC2)oc2ccccc12. The lowest BCUT2D eigenvalue weighted by molar-refractivity contribution is 0.396. The average Bonchev–Trinajstić information content (AvgIpc) is 3.25. The van der Waals surface area contributed by atoms with Crippen molar-refractivity contribution in [1.29, 1.82) is 0 Å². The lowest BCUT2D eigenvalue weighted by Gasteiger charge is -2.16. The van der Waals surface area contributed by atoms with Crippen molar-refractivity contribution >= 4 is 16.9 Å². The Hall–Kier alpha value is -2.17. The van der Waals surface area contributed by atoms with E-state index in [-0.39, 0.29) is 0 Å². The quantitative estimate of drug-likeness (QED) is 0.686. The first-order valence-corrected chi connectivity index (χ1v) is 6.78. The monoisotopic (exact) mass is 273 g/mol. The fraction of sp³-hybridized carbons (Fsp3) is 0.400. The van der Waals surface area contributed by atoms with E-state index in [1.54, 1.807) is 7.11 Å². The number of hydrogen-bond donors (Lipinski definition) is 1. The van der Waals surface area contributed by atoms with Crippen molar-refractivity contribution in [1.82, 2.24) is 4.90 Å². The average molecular weight is 273 g/mol. The van der Waals surface area contributed by atoms with Crippen molar-refractivity contribution in [2.24, 2.45) is 10.7 Å². The summed E-state index contributed by atoms with van der Waals surface area (Å²) in [7, 11) is 3.62.